The van der Waals surface area contributed by atoms with Crippen LogP contribution in [-0.2, 0) is 4.79 Å². The van der Waals surface area contributed by atoms with E-state index in [0.29, 0.717) is 5.95 Å². The SMILES string of the molecule is O=C(Nc1nnc2ccccn12)[C@@H]1CC=CCC1. The number of amides is 1. The predicted octanol–water partition coefficient (Wildman–Crippen LogP) is 2.02. The van der Waals surface area contributed by atoms with Crippen molar-refractivity contribution >= 4 is 17.5 Å². The van der Waals surface area contributed by atoms with Crippen molar-refractivity contribution in [2.75, 3.05) is 5.32 Å². The summed E-state index contributed by atoms with van der Waals surface area (Å²) in [5.74, 6) is 0.564. The summed E-state index contributed by atoms with van der Waals surface area (Å²) in [5, 5.41) is 10.8. The standard InChI is InChI=1S/C13H14N4O/c18-12(10-6-2-1-3-7-10)14-13-16-15-11-8-4-5-9-17(11)13/h1-2,4-5,8-10H,3,6-7H2,(H,14,16,18)/t10-/m1/s1. The summed E-state index contributed by atoms with van der Waals surface area (Å²) in [6.07, 6.45) is 8.71. The summed E-state index contributed by atoms with van der Waals surface area (Å²) < 4.78 is 1.77. The third-order valence-electron chi connectivity index (χ3n) is 3.19. The van der Waals surface area contributed by atoms with E-state index in [0.717, 1.165) is 24.9 Å². The first-order chi connectivity index (χ1) is 8.84. The number of nitrogens with zero attached hydrogens (tertiary/aromatic N) is 3. The van der Waals surface area contributed by atoms with E-state index in [1.165, 1.54) is 0 Å². The number of nitrogens with one attached hydrogen (secondary N) is 1. The van der Waals surface area contributed by atoms with Crippen molar-refractivity contribution in [2.45, 2.75) is 19.3 Å². The summed E-state index contributed by atoms with van der Waals surface area (Å²) in [7, 11) is 0. The van der Waals surface area contributed by atoms with E-state index in [-0.39, 0.29) is 11.8 Å². The van der Waals surface area contributed by atoms with Crippen LogP contribution >= 0.6 is 0 Å². The molecule has 92 valence electrons. The Hall–Kier alpha value is -2.17. The number of pyridine rings is 1. The molecule has 1 aliphatic rings. The zero-order chi connectivity index (χ0) is 12.4. The van der Waals surface area contributed by atoms with Crippen LogP contribution in [0.25, 0.3) is 5.65 Å². The van der Waals surface area contributed by atoms with Gasteiger partial charge in [-0.1, -0.05) is 18.2 Å². The van der Waals surface area contributed by atoms with Gasteiger partial charge in [-0.2, -0.15) is 0 Å². The maximum Gasteiger partial charge on any atom is 0.235 e. The van der Waals surface area contributed by atoms with Crippen molar-refractivity contribution in [3.05, 3.63) is 36.5 Å². The van der Waals surface area contributed by atoms with Crippen LogP contribution in [0.4, 0.5) is 5.95 Å². The molecular formula is C13H14N4O. The minimum absolute atomic E-state index is 0.0255. The summed E-state index contributed by atoms with van der Waals surface area (Å²) >= 11 is 0. The summed E-state index contributed by atoms with van der Waals surface area (Å²) in [5.41, 5.74) is 0.733. The van der Waals surface area contributed by atoms with E-state index in [4.69, 9.17) is 0 Å². The molecule has 2 heterocycles. The third kappa shape index (κ3) is 1.99. The van der Waals surface area contributed by atoms with Crippen LogP contribution in [-0.4, -0.2) is 20.5 Å². The lowest BCUT2D eigenvalue weighted by atomic mass is 9.94. The van der Waals surface area contributed by atoms with Gasteiger partial charge in [-0.3, -0.25) is 14.5 Å². The third-order valence-corrected chi connectivity index (χ3v) is 3.19. The Balaban J connectivity index is 1.79. The highest BCUT2D eigenvalue weighted by atomic mass is 16.2. The molecule has 1 N–H and O–H groups in total. The highest BCUT2D eigenvalue weighted by Gasteiger charge is 2.20. The number of carbonyl (C=O) groups is 1. The zero-order valence-electron chi connectivity index (χ0n) is 9.91. The molecule has 0 saturated carbocycles. The molecule has 2 aromatic heterocycles. The van der Waals surface area contributed by atoms with Crippen LogP contribution in [0, 0.1) is 5.92 Å². The number of rotatable bonds is 2. The van der Waals surface area contributed by atoms with Crippen molar-refractivity contribution in [2.24, 2.45) is 5.92 Å². The van der Waals surface area contributed by atoms with Crippen molar-refractivity contribution in [3.8, 4) is 0 Å². The van der Waals surface area contributed by atoms with Crippen LogP contribution in [0.3, 0.4) is 0 Å². The molecule has 18 heavy (non-hydrogen) atoms. The lowest BCUT2D eigenvalue weighted by molar-refractivity contribution is -0.120. The Morgan fingerprint density at radius 3 is 3.11 bits per heavy atom. The minimum Gasteiger partial charge on any atom is -0.294 e. The van der Waals surface area contributed by atoms with Gasteiger partial charge < -0.3 is 0 Å². The summed E-state index contributed by atoms with van der Waals surface area (Å²) in [6, 6.07) is 5.63. The van der Waals surface area contributed by atoms with Gasteiger partial charge in [0, 0.05) is 12.1 Å². The molecule has 0 bridgehead atoms. The van der Waals surface area contributed by atoms with Gasteiger partial charge in [0.2, 0.25) is 11.9 Å². The largest absolute Gasteiger partial charge is 0.294 e. The molecule has 1 aliphatic carbocycles. The van der Waals surface area contributed by atoms with Gasteiger partial charge in [-0.25, -0.2) is 0 Å². The van der Waals surface area contributed by atoms with Crippen molar-refractivity contribution in [1.82, 2.24) is 14.6 Å². The maximum absolute atomic E-state index is 12.1. The van der Waals surface area contributed by atoms with Crippen LogP contribution in [0.15, 0.2) is 36.5 Å². The first-order valence-corrected chi connectivity index (χ1v) is 6.10. The lowest BCUT2D eigenvalue weighted by Gasteiger charge is -2.16. The van der Waals surface area contributed by atoms with Crippen LogP contribution < -0.4 is 5.32 Å². The van der Waals surface area contributed by atoms with Gasteiger partial charge in [0.05, 0.1) is 0 Å². The van der Waals surface area contributed by atoms with Crippen molar-refractivity contribution in [1.29, 1.82) is 0 Å². The molecule has 5 heteroatoms. The van der Waals surface area contributed by atoms with E-state index < -0.39 is 0 Å². The number of carbonyl (C=O) groups excluding carboxylic acids is 1. The van der Waals surface area contributed by atoms with E-state index in [9.17, 15) is 4.79 Å². The molecule has 1 atom stereocenters. The number of fused-ring (bicyclic) bond motifs is 1. The number of allylic oxidation sites excluding steroid dienone is 2. The predicted molar refractivity (Wildman–Crippen MR) is 68.1 cm³/mol. The fourth-order valence-corrected chi connectivity index (χ4v) is 2.17. The quantitative estimate of drug-likeness (QED) is 0.820. The number of anilines is 1. The first-order valence-electron chi connectivity index (χ1n) is 6.10. The summed E-state index contributed by atoms with van der Waals surface area (Å²) in [4.78, 5) is 12.1. The van der Waals surface area contributed by atoms with Crippen LogP contribution in [0.2, 0.25) is 0 Å². The second kappa shape index (κ2) is 4.60. The second-order valence-corrected chi connectivity index (χ2v) is 4.42. The number of aromatic nitrogens is 3. The molecule has 0 aromatic carbocycles. The van der Waals surface area contributed by atoms with Crippen LogP contribution in [0.5, 0.6) is 0 Å². The van der Waals surface area contributed by atoms with E-state index in [2.05, 4.69) is 27.7 Å². The molecule has 0 radical (unpaired) electrons. The molecule has 0 unspecified atom stereocenters. The minimum atomic E-state index is 0.0255. The lowest BCUT2D eigenvalue weighted by Crippen LogP contribution is -2.24. The Bertz CT molecular complexity index is 602. The van der Waals surface area contributed by atoms with E-state index in [1.807, 2.05) is 24.4 Å². The normalized spacial score (nSPS) is 19.0. The topological polar surface area (TPSA) is 59.3 Å². The summed E-state index contributed by atoms with van der Waals surface area (Å²) in [6.45, 7) is 0. The Labute approximate surface area is 105 Å². The van der Waals surface area contributed by atoms with Crippen molar-refractivity contribution < 1.29 is 4.79 Å². The van der Waals surface area contributed by atoms with Crippen LogP contribution in [0.1, 0.15) is 19.3 Å². The molecular weight excluding hydrogens is 228 g/mol. The van der Waals surface area contributed by atoms with Gasteiger partial charge in [0.15, 0.2) is 5.65 Å². The Morgan fingerprint density at radius 2 is 2.28 bits per heavy atom. The molecule has 3 rings (SSSR count). The Morgan fingerprint density at radius 1 is 1.33 bits per heavy atom. The highest BCUT2D eigenvalue weighted by molar-refractivity contribution is 5.91. The zero-order valence-corrected chi connectivity index (χ0v) is 9.91. The Kier molecular flexibility index (Phi) is 2.80. The van der Waals surface area contributed by atoms with E-state index in [1.54, 1.807) is 4.40 Å². The smallest absolute Gasteiger partial charge is 0.235 e. The number of hydrogen-bond acceptors (Lipinski definition) is 3. The monoisotopic (exact) mass is 242 g/mol. The molecule has 0 fully saturated rings. The molecule has 0 saturated heterocycles. The van der Waals surface area contributed by atoms with E-state index >= 15 is 0 Å². The molecule has 5 nitrogen and oxygen atoms in total. The van der Waals surface area contributed by atoms with Gasteiger partial charge in [0.1, 0.15) is 0 Å². The maximum atomic E-state index is 12.1. The first kappa shape index (κ1) is 11.0. The molecule has 1 amide bonds. The molecule has 0 spiro atoms. The highest BCUT2D eigenvalue weighted by Crippen LogP contribution is 2.19. The average molecular weight is 242 g/mol. The van der Waals surface area contributed by atoms with Crippen molar-refractivity contribution in [3.63, 3.8) is 0 Å². The van der Waals surface area contributed by atoms with Gasteiger partial charge in [0.25, 0.3) is 0 Å². The second-order valence-electron chi connectivity index (χ2n) is 4.42. The fourth-order valence-electron chi connectivity index (χ4n) is 2.17. The molecule has 2 aromatic rings. The molecule has 0 aliphatic heterocycles. The van der Waals surface area contributed by atoms with Gasteiger partial charge in [-0.15, -0.1) is 10.2 Å². The van der Waals surface area contributed by atoms with Gasteiger partial charge in [-0.05, 0) is 31.4 Å². The fraction of sp³-hybridized carbons (Fsp3) is 0.308. The average Bonchev–Trinajstić information content (AvgIpc) is 2.83. The van der Waals surface area contributed by atoms with Gasteiger partial charge >= 0.3 is 0 Å². The number of hydrogen-bond donors (Lipinski definition) is 1.